The first kappa shape index (κ1) is 15.2. The van der Waals surface area contributed by atoms with E-state index in [0.29, 0.717) is 23.3 Å². The monoisotopic (exact) mass is 307 g/mol. The number of carboxylic acids is 1. The largest absolute Gasteiger partial charge is 0.480 e. The van der Waals surface area contributed by atoms with Crippen molar-refractivity contribution in [2.75, 3.05) is 13.1 Å². The molecule has 0 unspecified atom stereocenters. The Balaban J connectivity index is 2.09. The fourth-order valence-electron chi connectivity index (χ4n) is 1.79. The maximum atomic E-state index is 10.8. The van der Waals surface area contributed by atoms with Crippen LogP contribution in [0.15, 0.2) is 41.4 Å². The van der Waals surface area contributed by atoms with Gasteiger partial charge in [0.1, 0.15) is 0 Å². The first-order valence-corrected chi connectivity index (χ1v) is 6.60. The Labute approximate surface area is 126 Å². The highest BCUT2D eigenvalue weighted by molar-refractivity contribution is 6.30. The van der Waals surface area contributed by atoms with Crippen LogP contribution in [0, 0.1) is 0 Å². The van der Waals surface area contributed by atoms with Gasteiger partial charge in [-0.05, 0) is 24.3 Å². The van der Waals surface area contributed by atoms with Crippen molar-refractivity contribution >= 4 is 17.6 Å². The van der Waals surface area contributed by atoms with E-state index in [-0.39, 0.29) is 13.1 Å². The van der Waals surface area contributed by atoms with E-state index >= 15 is 0 Å². The highest BCUT2D eigenvalue weighted by Gasteiger charge is 2.14. The summed E-state index contributed by atoms with van der Waals surface area (Å²) in [6.45, 7) is 4.19. The smallest absolute Gasteiger partial charge is 0.317 e. The zero-order valence-corrected chi connectivity index (χ0v) is 12.0. The van der Waals surface area contributed by atoms with Crippen LogP contribution in [0.25, 0.3) is 11.5 Å². The SMILES string of the molecule is C=CCN(CC(=O)O)Cc1noc(-c2ccc(Cl)cc2)n1. The second kappa shape index (κ2) is 7.01. The van der Waals surface area contributed by atoms with Crippen LogP contribution in [0.1, 0.15) is 5.82 Å². The summed E-state index contributed by atoms with van der Waals surface area (Å²) in [6, 6.07) is 7.02. The topological polar surface area (TPSA) is 79.5 Å². The van der Waals surface area contributed by atoms with Gasteiger partial charge in [0, 0.05) is 17.1 Å². The molecule has 1 aromatic heterocycles. The van der Waals surface area contributed by atoms with Crippen LogP contribution in [0.4, 0.5) is 0 Å². The molecule has 0 amide bonds. The van der Waals surface area contributed by atoms with Gasteiger partial charge in [0.25, 0.3) is 5.89 Å². The third-order valence-corrected chi connectivity index (χ3v) is 2.92. The Morgan fingerprint density at radius 1 is 1.43 bits per heavy atom. The summed E-state index contributed by atoms with van der Waals surface area (Å²) in [7, 11) is 0. The van der Waals surface area contributed by atoms with E-state index in [2.05, 4.69) is 16.7 Å². The van der Waals surface area contributed by atoms with Crippen molar-refractivity contribution in [1.82, 2.24) is 15.0 Å². The Bertz CT molecular complexity index is 625. The van der Waals surface area contributed by atoms with Crippen molar-refractivity contribution in [1.29, 1.82) is 0 Å². The number of aromatic nitrogens is 2. The number of nitrogens with zero attached hydrogens (tertiary/aromatic N) is 3. The summed E-state index contributed by atoms with van der Waals surface area (Å²) in [5.74, 6) is -0.128. The minimum atomic E-state index is -0.918. The number of aliphatic carboxylic acids is 1. The maximum absolute atomic E-state index is 10.8. The number of benzene rings is 1. The number of carbonyl (C=O) groups is 1. The van der Waals surface area contributed by atoms with Crippen molar-refractivity contribution < 1.29 is 14.4 Å². The van der Waals surface area contributed by atoms with Crippen molar-refractivity contribution in [3.05, 3.63) is 47.8 Å². The van der Waals surface area contributed by atoms with Crippen molar-refractivity contribution in [3.63, 3.8) is 0 Å². The minimum Gasteiger partial charge on any atom is -0.480 e. The van der Waals surface area contributed by atoms with Crippen molar-refractivity contribution in [2.24, 2.45) is 0 Å². The van der Waals surface area contributed by atoms with Gasteiger partial charge in [-0.2, -0.15) is 4.98 Å². The summed E-state index contributed by atoms with van der Waals surface area (Å²) < 4.78 is 5.17. The fraction of sp³-hybridized carbons (Fsp3) is 0.214. The van der Waals surface area contributed by atoms with Crippen LogP contribution < -0.4 is 0 Å². The van der Waals surface area contributed by atoms with E-state index in [1.54, 1.807) is 35.2 Å². The van der Waals surface area contributed by atoms with Crippen LogP contribution in [0.2, 0.25) is 5.02 Å². The van der Waals surface area contributed by atoms with Gasteiger partial charge < -0.3 is 9.63 Å². The predicted octanol–water partition coefficient (Wildman–Crippen LogP) is 2.46. The average molecular weight is 308 g/mol. The molecule has 6 nitrogen and oxygen atoms in total. The molecule has 7 heteroatoms. The number of carboxylic acid groups (broad SMARTS) is 1. The molecule has 0 fully saturated rings. The molecule has 0 radical (unpaired) electrons. The number of hydrogen-bond acceptors (Lipinski definition) is 5. The van der Waals surface area contributed by atoms with Gasteiger partial charge in [-0.1, -0.05) is 22.8 Å². The Morgan fingerprint density at radius 3 is 2.76 bits per heavy atom. The quantitative estimate of drug-likeness (QED) is 0.792. The van der Waals surface area contributed by atoms with Crippen LogP contribution in [0.3, 0.4) is 0 Å². The summed E-state index contributed by atoms with van der Waals surface area (Å²) >= 11 is 5.82. The zero-order chi connectivity index (χ0) is 15.2. The average Bonchev–Trinajstić information content (AvgIpc) is 2.87. The molecule has 2 aromatic rings. The molecule has 0 saturated heterocycles. The molecular formula is C14H14ClN3O3. The van der Waals surface area contributed by atoms with Gasteiger partial charge in [-0.25, -0.2) is 0 Å². The summed E-state index contributed by atoms with van der Waals surface area (Å²) in [5, 5.41) is 13.3. The summed E-state index contributed by atoms with van der Waals surface area (Å²) in [6.07, 6.45) is 1.63. The second-order valence-electron chi connectivity index (χ2n) is 4.37. The lowest BCUT2D eigenvalue weighted by atomic mass is 10.2. The summed E-state index contributed by atoms with van der Waals surface area (Å²) in [5.41, 5.74) is 0.756. The Hall–Kier alpha value is -2.18. The van der Waals surface area contributed by atoms with E-state index in [1.165, 1.54) is 0 Å². The first-order chi connectivity index (χ1) is 10.1. The van der Waals surface area contributed by atoms with E-state index in [1.807, 2.05) is 0 Å². The molecule has 0 aliphatic carbocycles. The van der Waals surface area contributed by atoms with Gasteiger partial charge in [-0.15, -0.1) is 6.58 Å². The number of rotatable bonds is 7. The molecule has 1 heterocycles. The zero-order valence-electron chi connectivity index (χ0n) is 11.2. The normalized spacial score (nSPS) is 10.8. The van der Waals surface area contributed by atoms with Crippen LogP contribution in [-0.2, 0) is 11.3 Å². The minimum absolute atomic E-state index is 0.114. The number of halogens is 1. The Morgan fingerprint density at radius 2 is 2.14 bits per heavy atom. The molecule has 0 aliphatic heterocycles. The van der Waals surface area contributed by atoms with Gasteiger partial charge in [0.2, 0.25) is 0 Å². The molecule has 0 atom stereocenters. The predicted molar refractivity (Wildman–Crippen MR) is 77.9 cm³/mol. The van der Waals surface area contributed by atoms with Gasteiger partial charge in [-0.3, -0.25) is 9.69 Å². The van der Waals surface area contributed by atoms with Crippen molar-refractivity contribution in [2.45, 2.75) is 6.54 Å². The van der Waals surface area contributed by atoms with Gasteiger partial charge in [0.15, 0.2) is 5.82 Å². The highest BCUT2D eigenvalue weighted by atomic mass is 35.5. The van der Waals surface area contributed by atoms with Crippen LogP contribution in [-0.4, -0.2) is 39.2 Å². The molecule has 0 spiro atoms. The molecule has 110 valence electrons. The Kier molecular flexibility index (Phi) is 5.08. The standard InChI is InChI=1S/C14H14ClN3O3/c1-2-7-18(9-13(19)20)8-12-16-14(21-17-12)10-3-5-11(15)6-4-10/h2-6H,1,7-9H2,(H,19,20). The lowest BCUT2D eigenvalue weighted by molar-refractivity contribution is -0.138. The summed E-state index contributed by atoms with van der Waals surface area (Å²) in [4.78, 5) is 16.7. The van der Waals surface area contributed by atoms with Crippen LogP contribution in [0.5, 0.6) is 0 Å². The van der Waals surface area contributed by atoms with Gasteiger partial charge >= 0.3 is 5.97 Å². The third kappa shape index (κ3) is 4.40. The lowest BCUT2D eigenvalue weighted by Crippen LogP contribution is -2.29. The number of hydrogen-bond donors (Lipinski definition) is 1. The third-order valence-electron chi connectivity index (χ3n) is 2.67. The molecule has 1 N–H and O–H groups in total. The lowest BCUT2D eigenvalue weighted by Gasteiger charge is -2.15. The molecule has 2 rings (SSSR count). The molecule has 21 heavy (non-hydrogen) atoms. The molecule has 0 aliphatic rings. The first-order valence-electron chi connectivity index (χ1n) is 6.22. The second-order valence-corrected chi connectivity index (χ2v) is 4.81. The maximum Gasteiger partial charge on any atom is 0.317 e. The molecule has 0 bridgehead atoms. The highest BCUT2D eigenvalue weighted by Crippen LogP contribution is 2.19. The molecule has 0 saturated carbocycles. The van der Waals surface area contributed by atoms with Crippen molar-refractivity contribution in [3.8, 4) is 11.5 Å². The fourth-order valence-corrected chi connectivity index (χ4v) is 1.91. The molecule has 1 aromatic carbocycles. The van der Waals surface area contributed by atoms with E-state index in [9.17, 15) is 4.79 Å². The van der Waals surface area contributed by atoms with E-state index < -0.39 is 5.97 Å². The van der Waals surface area contributed by atoms with E-state index in [0.717, 1.165) is 5.56 Å². The molecular weight excluding hydrogens is 294 g/mol. The van der Waals surface area contributed by atoms with Gasteiger partial charge in [0.05, 0.1) is 13.1 Å². The van der Waals surface area contributed by atoms with Crippen LogP contribution >= 0.6 is 11.6 Å². The van der Waals surface area contributed by atoms with E-state index in [4.69, 9.17) is 21.2 Å².